The quantitative estimate of drug-likeness (QED) is 0.614. The van der Waals surface area contributed by atoms with Crippen molar-refractivity contribution in [2.45, 2.75) is 13.8 Å². The second kappa shape index (κ2) is 9.54. The average molecular weight is 414 g/mol. The molecule has 0 radical (unpaired) electrons. The Bertz CT molecular complexity index is 950. The number of aromatic hydroxyl groups is 1. The van der Waals surface area contributed by atoms with E-state index in [1.54, 1.807) is 30.7 Å². The average Bonchev–Trinajstić information content (AvgIpc) is 3.17. The van der Waals surface area contributed by atoms with Crippen LogP contribution in [0, 0.1) is 0 Å². The van der Waals surface area contributed by atoms with Crippen molar-refractivity contribution in [3.05, 3.63) is 53.9 Å². The maximum atomic E-state index is 12.6. The number of amides is 1. The van der Waals surface area contributed by atoms with Gasteiger partial charge in [0.15, 0.2) is 0 Å². The summed E-state index contributed by atoms with van der Waals surface area (Å²) in [7, 11) is 0. The second-order valence-corrected chi connectivity index (χ2v) is 6.97. The first kappa shape index (κ1) is 20.8. The molecule has 0 fully saturated rings. The monoisotopic (exact) mass is 413 g/mol. The fourth-order valence-corrected chi connectivity index (χ4v) is 3.32. The minimum absolute atomic E-state index is 0.0337. The van der Waals surface area contributed by atoms with Crippen LogP contribution >= 0.6 is 11.6 Å². The van der Waals surface area contributed by atoms with Crippen molar-refractivity contribution >= 4 is 17.6 Å². The lowest BCUT2D eigenvalue weighted by Crippen LogP contribution is -2.36. The van der Waals surface area contributed by atoms with Crippen LogP contribution in [0.1, 0.15) is 13.8 Å². The number of rotatable bonds is 7. The molecule has 29 heavy (non-hydrogen) atoms. The standard InChI is InChI=1S/C21H24ClN5O2/c1-3-26(4-2)10-9-24-21(29)27-14-19(15-5-7-23-8-6-15)20(25-27)16-11-17(22)13-18(28)12-16/h5-8,11-14,28H,3-4,9-10H2,1-2H3,(H,24,29). The number of hydrogen-bond donors (Lipinski definition) is 2. The number of halogens is 1. The van der Waals surface area contributed by atoms with Crippen LogP contribution in [0.4, 0.5) is 4.79 Å². The molecule has 0 aliphatic rings. The van der Waals surface area contributed by atoms with Gasteiger partial charge in [-0.3, -0.25) is 4.98 Å². The number of hydrogen-bond acceptors (Lipinski definition) is 5. The molecule has 1 amide bonds. The predicted octanol–water partition coefficient (Wildman–Crippen LogP) is 3.87. The summed E-state index contributed by atoms with van der Waals surface area (Å²) in [6, 6.07) is 8.10. The van der Waals surface area contributed by atoms with Crippen LogP contribution in [-0.4, -0.2) is 57.0 Å². The van der Waals surface area contributed by atoms with E-state index in [2.05, 4.69) is 34.1 Å². The zero-order chi connectivity index (χ0) is 20.8. The number of carbonyl (C=O) groups excluding carboxylic acids is 1. The van der Waals surface area contributed by atoms with Gasteiger partial charge in [0.2, 0.25) is 0 Å². The lowest BCUT2D eigenvalue weighted by Gasteiger charge is -2.17. The Morgan fingerprint density at radius 2 is 1.90 bits per heavy atom. The molecule has 2 heterocycles. The van der Waals surface area contributed by atoms with Gasteiger partial charge in [-0.2, -0.15) is 9.78 Å². The van der Waals surface area contributed by atoms with E-state index < -0.39 is 0 Å². The fourth-order valence-electron chi connectivity index (χ4n) is 3.09. The van der Waals surface area contributed by atoms with E-state index >= 15 is 0 Å². The molecular formula is C21H24ClN5O2. The number of nitrogens with zero attached hydrogens (tertiary/aromatic N) is 4. The number of phenols is 1. The first-order valence-corrected chi connectivity index (χ1v) is 9.90. The molecule has 2 aromatic heterocycles. The van der Waals surface area contributed by atoms with E-state index in [4.69, 9.17) is 11.6 Å². The Morgan fingerprint density at radius 1 is 1.17 bits per heavy atom. The summed E-state index contributed by atoms with van der Waals surface area (Å²) in [5.41, 5.74) is 2.77. The summed E-state index contributed by atoms with van der Waals surface area (Å²) in [4.78, 5) is 18.9. The van der Waals surface area contributed by atoms with Gasteiger partial charge in [0.1, 0.15) is 11.4 Å². The number of carbonyl (C=O) groups is 1. The van der Waals surface area contributed by atoms with Gasteiger partial charge in [0.05, 0.1) is 0 Å². The van der Waals surface area contributed by atoms with Gasteiger partial charge >= 0.3 is 6.03 Å². The van der Waals surface area contributed by atoms with Crippen molar-refractivity contribution < 1.29 is 9.90 Å². The Labute approximate surface area is 174 Å². The number of benzene rings is 1. The third kappa shape index (κ3) is 5.13. The van der Waals surface area contributed by atoms with Gasteiger partial charge in [0.25, 0.3) is 0 Å². The fraction of sp³-hybridized carbons (Fsp3) is 0.286. The molecule has 0 aliphatic carbocycles. The lowest BCUT2D eigenvalue weighted by atomic mass is 10.0. The largest absolute Gasteiger partial charge is 0.508 e. The molecule has 152 valence electrons. The Balaban J connectivity index is 1.91. The van der Waals surface area contributed by atoms with Crippen LogP contribution in [-0.2, 0) is 0 Å². The third-order valence-corrected chi connectivity index (χ3v) is 4.89. The Kier molecular flexibility index (Phi) is 6.85. The van der Waals surface area contributed by atoms with Crippen LogP contribution < -0.4 is 5.32 Å². The molecule has 0 aliphatic heterocycles. The molecule has 0 saturated carbocycles. The summed E-state index contributed by atoms with van der Waals surface area (Å²) in [6.07, 6.45) is 5.03. The molecule has 0 unspecified atom stereocenters. The molecule has 0 saturated heterocycles. The molecule has 0 atom stereocenters. The second-order valence-electron chi connectivity index (χ2n) is 6.53. The molecule has 1 aromatic carbocycles. The molecule has 0 bridgehead atoms. The van der Waals surface area contributed by atoms with E-state index in [0.29, 0.717) is 22.8 Å². The number of nitrogens with one attached hydrogen (secondary N) is 1. The van der Waals surface area contributed by atoms with Gasteiger partial charge in [-0.15, -0.1) is 0 Å². The van der Waals surface area contributed by atoms with E-state index in [1.165, 1.54) is 10.7 Å². The zero-order valence-electron chi connectivity index (χ0n) is 16.5. The van der Waals surface area contributed by atoms with Crippen molar-refractivity contribution in [2.75, 3.05) is 26.2 Å². The molecule has 2 N–H and O–H groups in total. The molecule has 3 aromatic rings. The van der Waals surface area contributed by atoms with Crippen molar-refractivity contribution in [3.63, 3.8) is 0 Å². The SMILES string of the molecule is CCN(CC)CCNC(=O)n1cc(-c2ccncc2)c(-c2cc(O)cc(Cl)c2)n1. The zero-order valence-corrected chi connectivity index (χ0v) is 17.2. The number of likely N-dealkylation sites (N-methyl/N-ethyl adjacent to an activating group) is 1. The first-order valence-electron chi connectivity index (χ1n) is 9.52. The third-order valence-electron chi connectivity index (χ3n) is 4.67. The van der Waals surface area contributed by atoms with Gasteiger partial charge in [-0.05, 0) is 49.0 Å². The normalized spacial score (nSPS) is 11.0. The van der Waals surface area contributed by atoms with E-state index in [1.807, 2.05) is 12.1 Å². The van der Waals surface area contributed by atoms with Crippen molar-refractivity contribution in [1.29, 1.82) is 0 Å². The first-order chi connectivity index (χ1) is 14.0. The van der Waals surface area contributed by atoms with Crippen LogP contribution in [0.15, 0.2) is 48.9 Å². The summed E-state index contributed by atoms with van der Waals surface area (Å²) >= 11 is 6.10. The number of aromatic nitrogens is 3. The summed E-state index contributed by atoms with van der Waals surface area (Å²) < 4.78 is 1.28. The van der Waals surface area contributed by atoms with Gasteiger partial charge in [-0.1, -0.05) is 25.4 Å². The highest BCUT2D eigenvalue weighted by atomic mass is 35.5. The van der Waals surface area contributed by atoms with Gasteiger partial charge in [0, 0.05) is 47.8 Å². The summed E-state index contributed by atoms with van der Waals surface area (Å²) in [6.45, 7) is 7.34. The van der Waals surface area contributed by atoms with Crippen molar-refractivity contribution in [2.24, 2.45) is 0 Å². The maximum Gasteiger partial charge on any atom is 0.342 e. The lowest BCUT2D eigenvalue weighted by molar-refractivity contribution is 0.235. The minimum Gasteiger partial charge on any atom is -0.508 e. The molecular weight excluding hydrogens is 390 g/mol. The summed E-state index contributed by atoms with van der Waals surface area (Å²) in [5, 5.41) is 17.7. The topological polar surface area (TPSA) is 83.3 Å². The highest BCUT2D eigenvalue weighted by Gasteiger charge is 2.17. The van der Waals surface area contributed by atoms with Crippen LogP contribution in [0.3, 0.4) is 0 Å². The Hall–Kier alpha value is -2.90. The number of phenolic OH excluding ortho intramolecular Hbond substituents is 1. The maximum absolute atomic E-state index is 12.6. The van der Waals surface area contributed by atoms with E-state index in [0.717, 1.165) is 30.8 Å². The van der Waals surface area contributed by atoms with Crippen molar-refractivity contribution in [1.82, 2.24) is 25.0 Å². The van der Waals surface area contributed by atoms with E-state index in [-0.39, 0.29) is 11.8 Å². The molecule has 8 heteroatoms. The highest BCUT2D eigenvalue weighted by Crippen LogP contribution is 2.34. The highest BCUT2D eigenvalue weighted by molar-refractivity contribution is 6.31. The van der Waals surface area contributed by atoms with Gasteiger partial charge < -0.3 is 15.3 Å². The van der Waals surface area contributed by atoms with Gasteiger partial charge in [-0.25, -0.2) is 4.79 Å². The predicted molar refractivity (Wildman–Crippen MR) is 114 cm³/mol. The van der Waals surface area contributed by atoms with Crippen molar-refractivity contribution in [3.8, 4) is 28.1 Å². The molecule has 3 rings (SSSR count). The molecule has 7 nitrogen and oxygen atoms in total. The summed E-state index contributed by atoms with van der Waals surface area (Å²) in [5.74, 6) is 0.0337. The van der Waals surface area contributed by atoms with Crippen LogP contribution in [0.25, 0.3) is 22.4 Å². The van der Waals surface area contributed by atoms with Crippen LogP contribution in [0.2, 0.25) is 5.02 Å². The van der Waals surface area contributed by atoms with Crippen LogP contribution in [0.5, 0.6) is 5.75 Å². The smallest absolute Gasteiger partial charge is 0.342 e. The number of pyridine rings is 1. The minimum atomic E-state index is -0.315. The Morgan fingerprint density at radius 3 is 2.55 bits per heavy atom. The van der Waals surface area contributed by atoms with E-state index in [9.17, 15) is 9.90 Å². The molecule has 0 spiro atoms.